The van der Waals surface area contributed by atoms with Crippen molar-refractivity contribution in [3.8, 4) is 17.5 Å². The lowest BCUT2D eigenvalue weighted by atomic mass is 10.2. The highest BCUT2D eigenvalue weighted by atomic mass is 19.1. The van der Waals surface area contributed by atoms with Gasteiger partial charge in [0.1, 0.15) is 29.2 Å². The Balaban J connectivity index is 2.63. The van der Waals surface area contributed by atoms with E-state index >= 15 is 0 Å². The Kier molecular flexibility index (Phi) is 3.15. The van der Waals surface area contributed by atoms with Crippen LogP contribution in [0.2, 0.25) is 0 Å². The van der Waals surface area contributed by atoms with Crippen LogP contribution < -0.4 is 5.32 Å². The summed E-state index contributed by atoms with van der Waals surface area (Å²) in [4.78, 5) is 7.85. The zero-order chi connectivity index (χ0) is 13.1. The van der Waals surface area contributed by atoms with Crippen molar-refractivity contribution in [3.63, 3.8) is 0 Å². The van der Waals surface area contributed by atoms with Crippen molar-refractivity contribution in [2.24, 2.45) is 0 Å². The predicted octanol–water partition coefficient (Wildman–Crippen LogP) is 2.34. The first-order chi connectivity index (χ1) is 8.63. The Morgan fingerprint density at radius 2 is 2.00 bits per heavy atom. The maximum atomic E-state index is 13.6. The first-order valence-corrected chi connectivity index (χ1v) is 5.06. The van der Waals surface area contributed by atoms with Crippen molar-refractivity contribution in [3.05, 3.63) is 41.6 Å². The Hall–Kier alpha value is -2.55. The first-order valence-electron chi connectivity index (χ1n) is 5.06. The average Bonchev–Trinajstić information content (AvgIpc) is 2.40. The fourth-order valence-electron chi connectivity index (χ4n) is 1.42. The number of nitrogens with zero attached hydrogens (tertiary/aromatic N) is 3. The summed E-state index contributed by atoms with van der Waals surface area (Å²) in [6.45, 7) is 0. The van der Waals surface area contributed by atoms with Gasteiger partial charge in [-0.2, -0.15) is 5.26 Å². The van der Waals surface area contributed by atoms with E-state index in [2.05, 4.69) is 15.3 Å². The SMILES string of the molecule is CNc1cc(C#N)nc(-c2cc(F)ccc2F)n1. The second-order valence-corrected chi connectivity index (χ2v) is 3.45. The third-order valence-corrected chi connectivity index (χ3v) is 2.27. The summed E-state index contributed by atoms with van der Waals surface area (Å²) in [7, 11) is 1.61. The van der Waals surface area contributed by atoms with E-state index in [9.17, 15) is 8.78 Å². The lowest BCUT2D eigenvalue weighted by Crippen LogP contribution is -2.00. The van der Waals surface area contributed by atoms with Crippen molar-refractivity contribution in [2.45, 2.75) is 0 Å². The quantitative estimate of drug-likeness (QED) is 0.883. The van der Waals surface area contributed by atoms with E-state index < -0.39 is 11.6 Å². The van der Waals surface area contributed by atoms with Gasteiger partial charge in [-0.3, -0.25) is 0 Å². The maximum absolute atomic E-state index is 13.6. The van der Waals surface area contributed by atoms with Gasteiger partial charge in [-0.25, -0.2) is 18.7 Å². The van der Waals surface area contributed by atoms with Gasteiger partial charge >= 0.3 is 0 Å². The number of hydrogen-bond acceptors (Lipinski definition) is 4. The molecule has 0 amide bonds. The molecule has 0 fully saturated rings. The van der Waals surface area contributed by atoms with E-state index in [0.29, 0.717) is 5.82 Å². The van der Waals surface area contributed by atoms with Crippen LogP contribution >= 0.6 is 0 Å². The second kappa shape index (κ2) is 4.75. The molecule has 2 rings (SSSR count). The monoisotopic (exact) mass is 246 g/mol. The summed E-state index contributed by atoms with van der Waals surface area (Å²) in [5, 5.41) is 11.5. The van der Waals surface area contributed by atoms with Crippen LogP contribution in [0.15, 0.2) is 24.3 Å². The smallest absolute Gasteiger partial charge is 0.166 e. The standard InChI is InChI=1S/C12H8F2N4/c1-16-11-5-8(6-15)17-12(18-11)9-4-7(13)2-3-10(9)14/h2-5H,1H3,(H,16,17,18). The Labute approximate surface area is 102 Å². The summed E-state index contributed by atoms with van der Waals surface area (Å²) in [5.41, 5.74) is -0.00314. The van der Waals surface area contributed by atoms with Crippen LogP contribution in [0.25, 0.3) is 11.4 Å². The highest BCUT2D eigenvalue weighted by Crippen LogP contribution is 2.22. The fourth-order valence-corrected chi connectivity index (χ4v) is 1.42. The summed E-state index contributed by atoms with van der Waals surface area (Å²) < 4.78 is 26.7. The number of anilines is 1. The number of hydrogen-bond donors (Lipinski definition) is 1. The molecule has 0 saturated heterocycles. The third-order valence-electron chi connectivity index (χ3n) is 2.27. The Bertz CT molecular complexity index is 634. The molecule has 0 aliphatic carbocycles. The topological polar surface area (TPSA) is 61.6 Å². The minimum atomic E-state index is -0.645. The van der Waals surface area contributed by atoms with E-state index in [0.717, 1.165) is 18.2 Å². The average molecular weight is 246 g/mol. The molecule has 0 aliphatic heterocycles. The van der Waals surface area contributed by atoms with Crippen LogP contribution in [0.1, 0.15) is 5.69 Å². The van der Waals surface area contributed by atoms with Gasteiger partial charge < -0.3 is 5.32 Å². The van der Waals surface area contributed by atoms with Gasteiger partial charge in [0.15, 0.2) is 5.82 Å². The molecule has 1 N–H and O–H groups in total. The third kappa shape index (κ3) is 2.25. The molecule has 0 saturated carbocycles. The van der Waals surface area contributed by atoms with Gasteiger partial charge in [-0.05, 0) is 18.2 Å². The number of rotatable bonds is 2. The largest absolute Gasteiger partial charge is 0.373 e. The molecule has 0 aliphatic rings. The molecule has 1 heterocycles. The number of aromatic nitrogens is 2. The number of nitriles is 1. The van der Waals surface area contributed by atoms with E-state index in [1.165, 1.54) is 6.07 Å². The van der Waals surface area contributed by atoms with E-state index in [-0.39, 0.29) is 17.1 Å². The molecule has 90 valence electrons. The van der Waals surface area contributed by atoms with Gasteiger partial charge in [-0.15, -0.1) is 0 Å². The van der Waals surface area contributed by atoms with Crippen LogP contribution in [0.5, 0.6) is 0 Å². The van der Waals surface area contributed by atoms with Crippen molar-refractivity contribution >= 4 is 5.82 Å². The van der Waals surface area contributed by atoms with E-state index in [4.69, 9.17) is 5.26 Å². The van der Waals surface area contributed by atoms with Gasteiger partial charge in [0.2, 0.25) is 0 Å². The van der Waals surface area contributed by atoms with Crippen molar-refractivity contribution in [2.75, 3.05) is 12.4 Å². The summed E-state index contributed by atoms with van der Waals surface area (Å²) >= 11 is 0. The van der Waals surface area contributed by atoms with Crippen molar-refractivity contribution < 1.29 is 8.78 Å². The van der Waals surface area contributed by atoms with Crippen LogP contribution in [0.3, 0.4) is 0 Å². The highest BCUT2D eigenvalue weighted by molar-refractivity contribution is 5.59. The van der Waals surface area contributed by atoms with Gasteiger partial charge in [-0.1, -0.05) is 0 Å². The van der Waals surface area contributed by atoms with Gasteiger partial charge in [0, 0.05) is 13.1 Å². The minimum Gasteiger partial charge on any atom is -0.373 e. The predicted molar refractivity (Wildman–Crippen MR) is 61.6 cm³/mol. The molecule has 1 aromatic heterocycles. The number of halogens is 2. The van der Waals surface area contributed by atoms with E-state index in [1.54, 1.807) is 7.05 Å². The normalized spacial score (nSPS) is 9.89. The van der Waals surface area contributed by atoms with Crippen LogP contribution in [0.4, 0.5) is 14.6 Å². The van der Waals surface area contributed by atoms with Crippen molar-refractivity contribution in [1.82, 2.24) is 9.97 Å². The molecule has 6 heteroatoms. The van der Waals surface area contributed by atoms with Crippen molar-refractivity contribution in [1.29, 1.82) is 5.26 Å². The number of benzene rings is 1. The second-order valence-electron chi connectivity index (χ2n) is 3.45. The van der Waals surface area contributed by atoms with Gasteiger partial charge in [0.05, 0.1) is 5.56 Å². The summed E-state index contributed by atoms with van der Waals surface area (Å²) in [6.07, 6.45) is 0. The van der Waals surface area contributed by atoms with Crippen LogP contribution in [0, 0.1) is 23.0 Å². The zero-order valence-electron chi connectivity index (χ0n) is 9.41. The molecule has 4 nitrogen and oxygen atoms in total. The molecule has 0 atom stereocenters. The fraction of sp³-hybridized carbons (Fsp3) is 0.0833. The molecule has 18 heavy (non-hydrogen) atoms. The molecule has 2 aromatic rings. The number of nitrogens with one attached hydrogen (secondary N) is 1. The summed E-state index contributed by atoms with van der Waals surface area (Å²) in [5.74, 6) is -0.910. The molecule has 0 bridgehead atoms. The molecular formula is C12H8F2N4. The minimum absolute atomic E-state index is 0.0320. The zero-order valence-corrected chi connectivity index (χ0v) is 9.41. The van der Waals surface area contributed by atoms with Crippen LogP contribution in [-0.4, -0.2) is 17.0 Å². The Morgan fingerprint density at radius 3 is 2.67 bits per heavy atom. The molecule has 1 aromatic carbocycles. The molecule has 0 unspecified atom stereocenters. The maximum Gasteiger partial charge on any atom is 0.166 e. The van der Waals surface area contributed by atoms with E-state index in [1.807, 2.05) is 6.07 Å². The first kappa shape index (κ1) is 11.9. The van der Waals surface area contributed by atoms with Crippen LogP contribution in [-0.2, 0) is 0 Å². The molecule has 0 radical (unpaired) electrons. The lowest BCUT2D eigenvalue weighted by Gasteiger charge is -2.05. The van der Waals surface area contributed by atoms with Gasteiger partial charge in [0.25, 0.3) is 0 Å². The molecule has 0 spiro atoms. The molecular weight excluding hydrogens is 238 g/mol. The highest BCUT2D eigenvalue weighted by Gasteiger charge is 2.11. The summed E-state index contributed by atoms with van der Waals surface area (Å²) in [6, 6.07) is 6.25. The lowest BCUT2D eigenvalue weighted by molar-refractivity contribution is 0.602. The Morgan fingerprint density at radius 1 is 1.22 bits per heavy atom.